The lowest BCUT2D eigenvalue weighted by molar-refractivity contribution is -0.107. The molecule has 0 bridgehead atoms. The number of carbonyl (C=O) groups excluding carboxylic acids is 1. The first-order chi connectivity index (χ1) is 6.19. The standard InChI is InChI=1S/C10H10Br2O/c1-2-7-5-8(11)3-4-9(7)10(12)6-13/h3-6,10H,2H2,1H3. The normalized spacial score (nSPS) is 12.5. The van der Waals surface area contributed by atoms with Crippen molar-refractivity contribution in [3.8, 4) is 0 Å². The minimum Gasteiger partial charge on any atom is -0.302 e. The van der Waals surface area contributed by atoms with Crippen LogP contribution in [0.25, 0.3) is 0 Å². The highest BCUT2D eigenvalue weighted by atomic mass is 79.9. The summed E-state index contributed by atoms with van der Waals surface area (Å²) in [6.07, 6.45) is 1.84. The van der Waals surface area contributed by atoms with Gasteiger partial charge in [-0.25, -0.2) is 0 Å². The number of aldehydes is 1. The van der Waals surface area contributed by atoms with Crippen LogP contribution in [-0.2, 0) is 11.2 Å². The molecule has 1 atom stereocenters. The van der Waals surface area contributed by atoms with Crippen LogP contribution in [0.1, 0.15) is 22.9 Å². The number of rotatable bonds is 3. The van der Waals surface area contributed by atoms with Crippen molar-refractivity contribution in [1.29, 1.82) is 0 Å². The van der Waals surface area contributed by atoms with Crippen molar-refractivity contribution in [3.63, 3.8) is 0 Å². The molecule has 0 spiro atoms. The molecule has 70 valence electrons. The molecular formula is C10H10Br2O. The molecule has 3 heteroatoms. The Hall–Kier alpha value is -0.150. The molecule has 1 aromatic carbocycles. The van der Waals surface area contributed by atoms with Crippen LogP contribution < -0.4 is 0 Å². The Labute approximate surface area is 94.8 Å². The predicted octanol–water partition coefficient (Wildman–Crippen LogP) is 3.65. The molecule has 0 radical (unpaired) electrons. The SMILES string of the molecule is CCc1cc(Br)ccc1C(Br)C=O. The van der Waals surface area contributed by atoms with E-state index >= 15 is 0 Å². The van der Waals surface area contributed by atoms with Crippen molar-refractivity contribution in [1.82, 2.24) is 0 Å². The molecule has 0 fully saturated rings. The van der Waals surface area contributed by atoms with Crippen molar-refractivity contribution in [3.05, 3.63) is 33.8 Å². The third-order valence-electron chi connectivity index (χ3n) is 1.90. The van der Waals surface area contributed by atoms with Gasteiger partial charge in [-0.2, -0.15) is 0 Å². The Morgan fingerprint density at radius 2 is 2.23 bits per heavy atom. The smallest absolute Gasteiger partial charge is 0.138 e. The summed E-state index contributed by atoms with van der Waals surface area (Å²) in [7, 11) is 0. The summed E-state index contributed by atoms with van der Waals surface area (Å²) >= 11 is 6.72. The summed E-state index contributed by atoms with van der Waals surface area (Å²) in [5.41, 5.74) is 2.25. The second-order valence-electron chi connectivity index (χ2n) is 2.73. The predicted molar refractivity (Wildman–Crippen MR) is 61.3 cm³/mol. The number of benzene rings is 1. The van der Waals surface area contributed by atoms with Crippen LogP contribution >= 0.6 is 31.9 Å². The first kappa shape index (κ1) is 10.9. The highest BCUT2D eigenvalue weighted by molar-refractivity contribution is 9.10. The van der Waals surface area contributed by atoms with Crippen LogP contribution in [-0.4, -0.2) is 6.29 Å². The maximum atomic E-state index is 10.6. The van der Waals surface area contributed by atoms with Crippen LogP contribution in [0, 0.1) is 0 Å². The van der Waals surface area contributed by atoms with E-state index in [2.05, 4.69) is 38.8 Å². The highest BCUT2D eigenvalue weighted by Gasteiger charge is 2.09. The third-order valence-corrected chi connectivity index (χ3v) is 3.10. The lowest BCUT2D eigenvalue weighted by Gasteiger charge is -2.09. The lowest BCUT2D eigenvalue weighted by Crippen LogP contribution is -1.96. The fraction of sp³-hybridized carbons (Fsp3) is 0.300. The van der Waals surface area contributed by atoms with Gasteiger partial charge in [0.15, 0.2) is 0 Å². The number of carbonyl (C=O) groups is 1. The quantitative estimate of drug-likeness (QED) is 0.615. The number of halogens is 2. The molecule has 13 heavy (non-hydrogen) atoms. The Kier molecular flexibility index (Phi) is 4.13. The zero-order valence-electron chi connectivity index (χ0n) is 7.26. The molecule has 0 heterocycles. The minimum atomic E-state index is -0.185. The summed E-state index contributed by atoms with van der Waals surface area (Å²) in [4.78, 5) is 10.4. The van der Waals surface area contributed by atoms with Crippen molar-refractivity contribution in [2.24, 2.45) is 0 Å². The van der Waals surface area contributed by atoms with E-state index in [-0.39, 0.29) is 4.83 Å². The molecule has 1 aromatic rings. The Morgan fingerprint density at radius 1 is 1.54 bits per heavy atom. The van der Waals surface area contributed by atoms with Crippen molar-refractivity contribution < 1.29 is 4.79 Å². The Bertz CT molecular complexity index is 310. The number of alkyl halides is 1. The summed E-state index contributed by atoms with van der Waals surface area (Å²) in [5, 5.41) is 0. The molecular weight excluding hydrogens is 296 g/mol. The molecule has 1 rings (SSSR count). The van der Waals surface area contributed by atoms with Crippen molar-refractivity contribution in [2.75, 3.05) is 0 Å². The van der Waals surface area contributed by atoms with Gasteiger partial charge in [0.05, 0.1) is 4.83 Å². The maximum absolute atomic E-state index is 10.6. The van der Waals surface area contributed by atoms with E-state index in [1.807, 2.05) is 18.2 Å². The minimum absolute atomic E-state index is 0.185. The summed E-state index contributed by atoms with van der Waals surface area (Å²) < 4.78 is 1.05. The van der Waals surface area contributed by atoms with E-state index < -0.39 is 0 Å². The Balaban J connectivity index is 3.12. The molecule has 0 saturated carbocycles. The molecule has 0 aromatic heterocycles. The van der Waals surface area contributed by atoms with Gasteiger partial charge in [0.1, 0.15) is 6.29 Å². The largest absolute Gasteiger partial charge is 0.302 e. The van der Waals surface area contributed by atoms with Crippen LogP contribution in [0.2, 0.25) is 0 Å². The molecule has 0 amide bonds. The average Bonchev–Trinajstić information content (AvgIpc) is 2.16. The summed E-state index contributed by atoms with van der Waals surface area (Å²) in [6.45, 7) is 2.08. The monoisotopic (exact) mass is 304 g/mol. The van der Waals surface area contributed by atoms with Gasteiger partial charge >= 0.3 is 0 Å². The zero-order chi connectivity index (χ0) is 9.84. The molecule has 1 unspecified atom stereocenters. The van der Waals surface area contributed by atoms with Crippen molar-refractivity contribution >= 4 is 38.1 Å². The molecule has 0 aliphatic rings. The van der Waals surface area contributed by atoms with E-state index in [0.29, 0.717) is 0 Å². The zero-order valence-corrected chi connectivity index (χ0v) is 10.4. The molecule has 1 nitrogen and oxygen atoms in total. The van der Waals surface area contributed by atoms with Gasteiger partial charge in [-0.05, 0) is 29.7 Å². The molecule has 0 N–H and O–H groups in total. The van der Waals surface area contributed by atoms with Gasteiger partial charge in [-0.15, -0.1) is 0 Å². The fourth-order valence-electron chi connectivity index (χ4n) is 1.22. The van der Waals surface area contributed by atoms with Crippen LogP contribution in [0.3, 0.4) is 0 Å². The van der Waals surface area contributed by atoms with Gasteiger partial charge in [0.2, 0.25) is 0 Å². The molecule has 0 aliphatic carbocycles. The average molecular weight is 306 g/mol. The first-order valence-corrected chi connectivity index (χ1v) is 5.77. The van der Waals surface area contributed by atoms with E-state index in [1.165, 1.54) is 5.56 Å². The van der Waals surface area contributed by atoms with E-state index in [1.54, 1.807) is 0 Å². The fourth-order valence-corrected chi connectivity index (χ4v) is 2.08. The summed E-state index contributed by atoms with van der Waals surface area (Å²) in [5.74, 6) is 0. The van der Waals surface area contributed by atoms with E-state index in [0.717, 1.165) is 22.7 Å². The second kappa shape index (κ2) is 4.91. The third kappa shape index (κ3) is 2.64. The summed E-state index contributed by atoms with van der Waals surface area (Å²) in [6, 6.07) is 5.97. The van der Waals surface area contributed by atoms with Crippen LogP contribution in [0.5, 0.6) is 0 Å². The number of hydrogen-bond donors (Lipinski definition) is 0. The maximum Gasteiger partial charge on any atom is 0.138 e. The number of aryl methyl sites for hydroxylation is 1. The number of hydrogen-bond acceptors (Lipinski definition) is 1. The van der Waals surface area contributed by atoms with E-state index in [4.69, 9.17) is 0 Å². The van der Waals surface area contributed by atoms with Crippen LogP contribution in [0.4, 0.5) is 0 Å². The highest BCUT2D eigenvalue weighted by Crippen LogP contribution is 2.26. The van der Waals surface area contributed by atoms with Gasteiger partial charge in [-0.1, -0.05) is 44.8 Å². The Morgan fingerprint density at radius 3 is 2.77 bits per heavy atom. The van der Waals surface area contributed by atoms with Gasteiger partial charge in [-0.3, -0.25) is 0 Å². The molecule has 0 saturated heterocycles. The lowest BCUT2D eigenvalue weighted by atomic mass is 10.0. The topological polar surface area (TPSA) is 17.1 Å². The first-order valence-electron chi connectivity index (χ1n) is 4.06. The van der Waals surface area contributed by atoms with Gasteiger partial charge in [0.25, 0.3) is 0 Å². The van der Waals surface area contributed by atoms with Gasteiger partial charge in [0, 0.05) is 4.47 Å². The second-order valence-corrected chi connectivity index (χ2v) is 4.64. The molecule has 0 aliphatic heterocycles. The van der Waals surface area contributed by atoms with Crippen LogP contribution in [0.15, 0.2) is 22.7 Å². The van der Waals surface area contributed by atoms with Gasteiger partial charge < -0.3 is 4.79 Å². The van der Waals surface area contributed by atoms with E-state index in [9.17, 15) is 4.79 Å². The van der Waals surface area contributed by atoms with Crippen molar-refractivity contribution in [2.45, 2.75) is 18.2 Å².